The Morgan fingerprint density at radius 1 is 1.47 bits per heavy atom. The van der Waals surface area contributed by atoms with E-state index in [2.05, 4.69) is 25.2 Å². The van der Waals surface area contributed by atoms with Gasteiger partial charge < -0.3 is 15.2 Å². The molecule has 0 bridgehead atoms. The number of nitrogens with one attached hydrogen (secondary N) is 1. The Bertz CT molecular complexity index is 453. The molecule has 1 amide bonds. The SMILES string of the molecule is COc1ccc(C(C)(C)CNC(=O)C(C)O)cc1C. The van der Waals surface area contributed by atoms with Crippen LogP contribution >= 0.6 is 0 Å². The second-order valence-electron chi connectivity index (χ2n) is 5.46. The molecule has 1 atom stereocenters. The van der Waals surface area contributed by atoms with Crippen molar-refractivity contribution >= 4 is 5.91 Å². The van der Waals surface area contributed by atoms with Crippen LogP contribution in [0, 0.1) is 6.92 Å². The predicted octanol–water partition coefficient (Wildman–Crippen LogP) is 1.78. The van der Waals surface area contributed by atoms with Gasteiger partial charge in [0.2, 0.25) is 5.91 Å². The molecule has 1 aromatic rings. The summed E-state index contributed by atoms with van der Waals surface area (Å²) in [5.74, 6) is 0.505. The van der Waals surface area contributed by atoms with Crippen molar-refractivity contribution in [3.63, 3.8) is 0 Å². The predicted molar refractivity (Wildman–Crippen MR) is 75.4 cm³/mol. The van der Waals surface area contributed by atoms with Crippen LogP contribution in [-0.2, 0) is 10.2 Å². The van der Waals surface area contributed by atoms with Crippen molar-refractivity contribution in [1.82, 2.24) is 5.32 Å². The summed E-state index contributed by atoms with van der Waals surface area (Å²) in [5, 5.41) is 11.9. The van der Waals surface area contributed by atoms with Crippen LogP contribution in [-0.4, -0.2) is 30.8 Å². The Morgan fingerprint density at radius 3 is 2.58 bits per heavy atom. The molecule has 1 rings (SSSR count). The van der Waals surface area contributed by atoms with E-state index in [4.69, 9.17) is 4.74 Å². The molecule has 0 radical (unpaired) electrons. The lowest BCUT2D eigenvalue weighted by Gasteiger charge is -2.26. The van der Waals surface area contributed by atoms with Crippen molar-refractivity contribution in [2.45, 2.75) is 39.2 Å². The number of hydrogen-bond acceptors (Lipinski definition) is 3. The standard InChI is InChI=1S/C15H23NO3/c1-10-8-12(6-7-13(10)19-5)15(3,4)9-16-14(18)11(2)17/h6-8,11,17H,9H2,1-5H3,(H,16,18). The van der Waals surface area contributed by atoms with Gasteiger partial charge in [-0.15, -0.1) is 0 Å². The maximum atomic E-state index is 11.4. The van der Waals surface area contributed by atoms with Crippen LogP contribution in [0.3, 0.4) is 0 Å². The number of carbonyl (C=O) groups excluding carboxylic acids is 1. The number of aliphatic hydroxyl groups excluding tert-OH is 1. The molecule has 1 unspecified atom stereocenters. The van der Waals surface area contributed by atoms with Gasteiger partial charge in [0.1, 0.15) is 11.9 Å². The number of methoxy groups -OCH3 is 1. The smallest absolute Gasteiger partial charge is 0.248 e. The molecule has 0 saturated heterocycles. The molecular weight excluding hydrogens is 242 g/mol. The highest BCUT2D eigenvalue weighted by Crippen LogP contribution is 2.27. The van der Waals surface area contributed by atoms with Crippen LogP contribution in [0.15, 0.2) is 18.2 Å². The Morgan fingerprint density at radius 2 is 2.11 bits per heavy atom. The molecule has 2 N–H and O–H groups in total. The summed E-state index contributed by atoms with van der Waals surface area (Å²) in [6.45, 7) is 8.03. The van der Waals surface area contributed by atoms with Gasteiger partial charge in [-0.25, -0.2) is 0 Å². The highest BCUT2D eigenvalue weighted by Gasteiger charge is 2.23. The van der Waals surface area contributed by atoms with E-state index in [1.54, 1.807) is 7.11 Å². The van der Waals surface area contributed by atoms with Crippen LogP contribution in [0.4, 0.5) is 0 Å². The lowest BCUT2D eigenvalue weighted by Crippen LogP contribution is -2.40. The summed E-state index contributed by atoms with van der Waals surface area (Å²) in [4.78, 5) is 11.4. The second-order valence-corrected chi connectivity index (χ2v) is 5.46. The maximum absolute atomic E-state index is 11.4. The third-order valence-corrected chi connectivity index (χ3v) is 3.26. The van der Waals surface area contributed by atoms with Crippen molar-refractivity contribution < 1.29 is 14.6 Å². The highest BCUT2D eigenvalue weighted by atomic mass is 16.5. The summed E-state index contributed by atoms with van der Waals surface area (Å²) >= 11 is 0. The van der Waals surface area contributed by atoms with E-state index < -0.39 is 6.10 Å². The number of aliphatic hydroxyl groups is 1. The Balaban J connectivity index is 2.82. The summed E-state index contributed by atoms with van der Waals surface area (Å²) in [5.41, 5.74) is 1.98. The minimum atomic E-state index is -0.978. The zero-order valence-electron chi connectivity index (χ0n) is 12.3. The summed E-state index contributed by atoms with van der Waals surface area (Å²) in [6, 6.07) is 6.00. The van der Waals surface area contributed by atoms with Gasteiger partial charge in [-0.05, 0) is 31.0 Å². The van der Waals surface area contributed by atoms with Crippen LogP contribution in [0.5, 0.6) is 5.75 Å². The van der Waals surface area contributed by atoms with E-state index in [1.807, 2.05) is 19.1 Å². The Kier molecular flexibility index (Phi) is 4.95. The molecule has 0 aliphatic carbocycles. The van der Waals surface area contributed by atoms with E-state index in [0.29, 0.717) is 6.54 Å². The van der Waals surface area contributed by atoms with Gasteiger partial charge in [0.25, 0.3) is 0 Å². The molecule has 106 valence electrons. The molecule has 0 aliphatic heterocycles. The van der Waals surface area contributed by atoms with Crippen molar-refractivity contribution in [1.29, 1.82) is 0 Å². The Hall–Kier alpha value is -1.55. The summed E-state index contributed by atoms with van der Waals surface area (Å²) in [7, 11) is 1.65. The molecule has 4 heteroatoms. The zero-order chi connectivity index (χ0) is 14.6. The third-order valence-electron chi connectivity index (χ3n) is 3.26. The fourth-order valence-corrected chi connectivity index (χ4v) is 1.86. The Labute approximate surface area is 114 Å². The van der Waals surface area contributed by atoms with Crippen LogP contribution in [0.2, 0.25) is 0 Å². The second kappa shape index (κ2) is 6.06. The van der Waals surface area contributed by atoms with Gasteiger partial charge >= 0.3 is 0 Å². The van der Waals surface area contributed by atoms with Gasteiger partial charge in [0.05, 0.1) is 7.11 Å². The fraction of sp³-hybridized carbons (Fsp3) is 0.533. The lowest BCUT2D eigenvalue weighted by atomic mass is 9.83. The monoisotopic (exact) mass is 265 g/mol. The number of rotatable bonds is 5. The topological polar surface area (TPSA) is 58.6 Å². The third kappa shape index (κ3) is 3.96. The van der Waals surface area contributed by atoms with Crippen molar-refractivity contribution in [3.8, 4) is 5.75 Å². The van der Waals surface area contributed by atoms with E-state index in [1.165, 1.54) is 6.92 Å². The molecular formula is C15H23NO3. The van der Waals surface area contributed by atoms with E-state index in [9.17, 15) is 9.90 Å². The maximum Gasteiger partial charge on any atom is 0.248 e. The summed E-state index contributed by atoms with van der Waals surface area (Å²) < 4.78 is 5.24. The molecule has 0 saturated carbocycles. The van der Waals surface area contributed by atoms with Crippen LogP contribution in [0.25, 0.3) is 0 Å². The average molecular weight is 265 g/mol. The molecule has 0 aliphatic rings. The number of aryl methyl sites for hydroxylation is 1. The number of benzene rings is 1. The van der Waals surface area contributed by atoms with Crippen molar-refractivity contribution in [3.05, 3.63) is 29.3 Å². The van der Waals surface area contributed by atoms with Crippen LogP contribution < -0.4 is 10.1 Å². The number of ether oxygens (including phenoxy) is 1. The zero-order valence-corrected chi connectivity index (χ0v) is 12.3. The first kappa shape index (κ1) is 15.5. The fourth-order valence-electron chi connectivity index (χ4n) is 1.86. The van der Waals surface area contributed by atoms with Gasteiger partial charge in [0, 0.05) is 12.0 Å². The minimum absolute atomic E-state index is 0.207. The molecule has 0 aromatic heterocycles. The number of hydrogen-bond donors (Lipinski definition) is 2. The first-order valence-corrected chi connectivity index (χ1v) is 6.39. The van der Waals surface area contributed by atoms with Gasteiger partial charge in [0.15, 0.2) is 0 Å². The number of amides is 1. The van der Waals surface area contributed by atoms with Crippen molar-refractivity contribution in [2.75, 3.05) is 13.7 Å². The van der Waals surface area contributed by atoms with Gasteiger partial charge in [-0.2, -0.15) is 0 Å². The first-order valence-electron chi connectivity index (χ1n) is 6.39. The number of carbonyl (C=O) groups is 1. The van der Waals surface area contributed by atoms with E-state index >= 15 is 0 Å². The first-order chi connectivity index (χ1) is 8.77. The molecule has 4 nitrogen and oxygen atoms in total. The molecule has 0 fully saturated rings. The van der Waals surface area contributed by atoms with E-state index in [0.717, 1.165) is 16.9 Å². The molecule has 1 aromatic carbocycles. The largest absolute Gasteiger partial charge is 0.496 e. The highest BCUT2D eigenvalue weighted by molar-refractivity contribution is 5.80. The van der Waals surface area contributed by atoms with Crippen molar-refractivity contribution in [2.24, 2.45) is 0 Å². The molecule has 19 heavy (non-hydrogen) atoms. The van der Waals surface area contributed by atoms with Gasteiger partial charge in [-0.1, -0.05) is 26.0 Å². The van der Waals surface area contributed by atoms with Crippen LogP contribution in [0.1, 0.15) is 31.9 Å². The normalized spacial score (nSPS) is 12.9. The minimum Gasteiger partial charge on any atom is -0.496 e. The van der Waals surface area contributed by atoms with E-state index in [-0.39, 0.29) is 11.3 Å². The summed E-state index contributed by atoms with van der Waals surface area (Å²) in [6.07, 6.45) is -0.978. The quantitative estimate of drug-likeness (QED) is 0.853. The molecule has 0 spiro atoms. The van der Waals surface area contributed by atoms with Gasteiger partial charge in [-0.3, -0.25) is 4.79 Å². The average Bonchev–Trinajstić information content (AvgIpc) is 2.35. The molecule has 0 heterocycles. The lowest BCUT2D eigenvalue weighted by molar-refractivity contribution is -0.128.